The van der Waals surface area contributed by atoms with Crippen molar-refractivity contribution in [1.82, 2.24) is 29.9 Å². The lowest BCUT2D eigenvalue weighted by atomic mass is 9.91. The van der Waals surface area contributed by atoms with Crippen molar-refractivity contribution in [3.05, 3.63) is 65.5 Å². The minimum Gasteiger partial charge on any atom is -0.347 e. The highest BCUT2D eigenvalue weighted by molar-refractivity contribution is 5.92. The van der Waals surface area contributed by atoms with Crippen molar-refractivity contribution in [3.63, 3.8) is 0 Å². The molecule has 1 amide bonds. The normalized spacial score (nSPS) is 24.3. The number of H-pyrrole nitrogens is 1. The van der Waals surface area contributed by atoms with Gasteiger partial charge in [-0.15, -0.1) is 5.10 Å². The maximum Gasteiger partial charge on any atom is 0.276 e. The van der Waals surface area contributed by atoms with E-state index in [0.29, 0.717) is 18.8 Å². The van der Waals surface area contributed by atoms with Gasteiger partial charge in [-0.25, -0.2) is 9.67 Å². The Morgan fingerprint density at radius 1 is 1.14 bits per heavy atom. The van der Waals surface area contributed by atoms with Gasteiger partial charge >= 0.3 is 0 Å². The van der Waals surface area contributed by atoms with Crippen molar-refractivity contribution in [2.24, 2.45) is 5.73 Å². The van der Waals surface area contributed by atoms with E-state index < -0.39 is 0 Å². The van der Waals surface area contributed by atoms with E-state index in [4.69, 9.17) is 5.73 Å². The van der Waals surface area contributed by atoms with Crippen LogP contribution in [0.1, 0.15) is 65.1 Å². The molecule has 3 N–H and O–H groups in total. The molecule has 150 valence electrons. The number of nitrogens with zero attached hydrogens (tertiary/aromatic N) is 5. The lowest BCUT2D eigenvalue weighted by Gasteiger charge is -2.31. The maximum absolute atomic E-state index is 13.2. The van der Waals surface area contributed by atoms with Gasteiger partial charge in [0.25, 0.3) is 5.91 Å². The quantitative estimate of drug-likeness (QED) is 0.712. The van der Waals surface area contributed by atoms with E-state index in [1.165, 1.54) is 0 Å². The van der Waals surface area contributed by atoms with E-state index >= 15 is 0 Å². The van der Waals surface area contributed by atoms with Gasteiger partial charge in [-0.2, -0.15) is 0 Å². The Bertz CT molecular complexity index is 987. The Labute approximate surface area is 169 Å². The molecule has 1 saturated carbocycles. The van der Waals surface area contributed by atoms with Crippen molar-refractivity contribution in [3.8, 4) is 0 Å². The summed E-state index contributed by atoms with van der Waals surface area (Å²) in [7, 11) is 0. The molecule has 2 aromatic heterocycles. The highest BCUT2D eigenvalue weighted by Gasteiger charge is 2.33. The van der Waals surface area contributed by atoms with Crippen molar-refractivity contribution < 1.29 is 4.79 Å². The molecule has 1 aliphatic heterocycles. The van der Waals surface area contributed by atoms with Crippen molar-refractivity contribution in [2.75, 3.05) is 6.54 Å². The van der Waals surface area contributed by atoms with Crippen LogP contribution in [0.2, 0.25) is 0 Å². The number of nitrogens with one attached hydrogen (secondary N) is 1. The average Bonchev–Trinajstić information content (AvgIpc) is 3.43. The molecule has 29 heavy (non-hydrogen) atoms. The number of aromatic nitrogens is 5. The molecular formula is C21H25N7O. The van der Waals surface area contributed by atoms with Crippen LogP contribution in [0.15, 0.2) is 42.9 Å². The lowest BCUT2D eigenvalue weighted by molar-refractivity contribution is 0.0715. The fraction of sp³-hybridized carbons (Fsp3) is 0.429. The van der Waals surface area contributed by atoms with Crippen LogP contribution in [-0.4, -0.2) is 48.4 Å². The number of hydrogen-bond donors (Lipinski definition) is 2. The molecule has 1 aliphatic carbocycles. The van der Waals surface area contributed by atoms with E-state index in [0.717, 1.165) is 42.6 Å². The third-order valence-electron chi connectivity index (χ3n) is 6.17. The molecule has 3 aromatic rings. The summed E-state index contributed by atoms with van der Waals surface area (Å²) < 4.78 is 1.85. The van der Waals surface area contributed by atoms with Crippen LogP contribution in [0.3, 0.4) is 0 Å². The molecule has 5 rings (SSSR count). The molecule has 0 spiro atoms. The first-order valence-corrected chi connectivity index (χ1v) is 10.2. The Morgan fingerprint density at radius 3 is 2.72 bits per heavy atom. The molecule has 0 saturated heterocycles. The first-order valence-electron chi connectivity index (χ1n) is 10.2. The summed E-state index contributed by atoms with van der Waals surface area (Å²) >= 11 is 0. The minimum absolute atomic E-state index is 0.0463. The fourth-order valence-corrected chi connectivity index (χ4v) is 4.51. The topological polar surface area (TPSA) is 106 Å². The minimum atomic E-state index is -0.0926. The number of carbonyl (C=O) groups excluding carboxylic acids is 1. The SMILES string of the molecule is NC1CCC(n2cc(C(=O)N3Cc4[nH]cnc4C(c4ccccc4)C3)nn2)CC1. The van der Waals surface area contributed by atoms with Gasteiger partial charge in [-0.1, -0.05) is 35.5 Å². The molecule has 2 aliphatic rings. The van der Waals surface area contributed by atoms with E-state index in [1.54, 1.807) is 12.5 Å². The number of imidazole rings is 1. The standard InChI is InChI=1S/C21H25N7O/c22-15-6-8-16(9-7-15)28-12-19(25-26-28)21(29)27-10-17(14-4-2-1-3-5-14)20-18(11-27)23-13-24-20/h1-5,12-13,15-17H,6-11,22H2,(H,23,24). The van der Waals surface area contributed by atoms with E-state index in [1.807, 2.05) is 27.8 Å². The summed E-state index contributed by atoms with van der Waals surface area (Å²) in [4.78, 5) is 22.8. The molecule has 0 bridgehead atoms. The second kappa shape index (κ2) is 7.44. The van der Waals surface area contributed by atoms with Crippen LogP contribution in [0, 0.1) is 0 Å². The number of hydrogen-bond acceptors (Lipinski definition) is 5. The highest BCUT2D eigenvalue weighted by Crippen LogP contribution is 2.32. The number of benzene rings is 1. The summed E-state index contributed by atoms with van der Waals surface area (Å²) in [5, 5.41) is 8.44. The van der Waals surface area contributed by atoms with Gasteiger partial charge in [-0.3, -0.25) is 4.79 Å². The Hall–Kier alpha value is -3.00. The van der Waals surface area contributed by atoms with Gasteiger partial charge in [0, 0.05) is 18.5 Å². The largest absolute Gasteiger partial charge is 0.347 e. The Morgan fingerprint density at radius 2 is 1.93 bits per heavy atom. The second-order valence-electron chi connectivity index (χ2n) is 8.07. The van der Waals surface area contributed by atoms with Crippen LogP contribution in [0.25, 0.3) is 0 Å². The van der Waals surface area contributed by atoms with E-state index in [9.17, 15) is 4.79 Å². The number of amides is 1. The van der Waals surface area contributed by atoms with Crippen molar-refractivity contribution in [2.45, 2.75) is 50.2 Å². The number of carbonyl (C=O) groups is 1. The van der Waals surface area contributed by atoms with Crippen LogP contribution in [0.4, 0.5) is 0 Å². The summed E-state index contributed by atoms with van der Waals surface area (Å²) in [6.07, 6.45) is 7.44. The van der Waals surface area contributed by atoms with Crippen LogP contribution < -0.4 is 5.73 Å². The van der Waals surface area contributed by atoms with Crippen LogP contribution in [0.5, 0.6) is 0 Å². The predicted molar refractivity (Wildman–Crippen MR) is 107 cm³/mol. The predicted octanol–water partition coefficient (Wildman–Crippen LogP) is 2.23. The molecule has 1 aromatic carbocycles. The smallest absolute Gasteiger partial charge is 0.276 e. The second-order valence-corrected chi connectivity index (χ2v) is 8.07. The Balaban J connectivity index is 1.37. The van der Waals surface area contributed by atoms with Gasteiger partial charge in [-0.05, 0) is 31.2 Å². The van der Waals surface area contributed by atoms with Gasteiger partial charge in [0.1, 0.15) is 0 Å². The number of nitrogens with two attached hydrogens (primary N) is 1. The van der Waals surface area contributed by atoms with Gasteiger partial charge in [0.2, 0.25) is 0 Å². The highest BCUT2D eigenvalue weighted by atomic mass is 16.2. The molecular weight excluding hydrogens is 366 g/mol. The van der Waals surface area contributed by atoms with Gasteiger partial charge in [0.05, 0.1) is 36.5 Å². The average molecular weight is 391 g/mol. The zero-order chi connectivity index (χ0) is 19.8. The van der Waals surface area contributed by atoms with Gasteiger partial charge in [0.15, 0.2) is 5.69 Å². The lowest BCUT2D eigenvalue weighted by Crippen LogP contribution is -2.39. The first-order chi connectivity index (χ1) is 14.2. The van der Waals surface area contributed by atoms with E-state index in [-0.39, 0.29) is 23.9 Å². The maximum atomic E-state index is 13.2. The molecule has 1 unspecified atom stereocenters. The van der Waals surface area contributed by atoms with Gasteiger partial charge < -0.3 is 15.6 Å². The first kappa shape index (κ1) is 18.1. The van der Waals surface area contributed by atoms with Crippen molar-refractivity contribution >= 4 is 5.91 Å². The molecule has 1 fully saturated rings. The summed E-state index contributed by atoms with van der Waals surface area (Å²) in [5.74, 6) is -0.0463. The summed E-state index contributed by atoms with van der Waals surface area (Å²) in [6.45, 7) is 1.08. The Kier molecular flexibility index (Phi) is 4.63. The molecule has 3 heterocycles. The molecule has 1 atom stereocenters. The third-order valence-corrected chi connectivity index (χ3v) is 6.17. The number of rotatable bonds is 3. The van der Waals surface area contributed by atoms with Crippen LogP contribution >= 0.6 is 0 Å². The number of aromatic amines is 1. The monoisotopic (exact) mass is 391 g/mol. The number of fused-ring (bicyclic) bond motifs is 1. The molecule has 8 heteroatoms. The molecule has 8 nitrogen and oxygen atoms in total. The zero-order valence-electron chi connectivity index (χ0n) is 16.2. The van der Waals surface area contributed by atoms with Crippen molar-refractivity contribution in [1.29, 1.82) is 0 Å². The fourth-order valence-electron chi connectivity index (χ4n) is 4.51. The summed E-state index contributed by atoms with van der Waals surface area (Å²) in [6, 6.07) is 10.8. The zero-order valence-corrected chi connectivity index (χ0v) is 16.2. The summed E-state index contributed by atoms with van der Waals surface area (Å²) in [5.41, 5.74) is 9.55. The third kappa shape index (κ3) is 3.44. The molecule has 0 radical (unpaired) electrons. The van der Waals surface area contributed by atoms with Crippen LogP contribution in [-0.2, 0) is 6.54 Å². The van der Waals surface area contributed by atoms with E-state index in [2.05, 4.69) is 32.4 Å².